The fourth-order valence-corrected chi connectivity index (χ4v) is 6.17. The highest BCUT2D eigenvalue weighted by Gasteiger charge is 2.42. The summed E-state index contributed by atoms with van der Waals surface area (Å²) in [5.74, 6) is 2.26. The van der Waals surface area contributed by atoms with Crippen LogP contribution >= 0.6 is 34.5 Å². The molecule has 2 bridgehead atoms. The number of hydrogen-bond acceptors (Lipinski definition) is 2. The molecular weight excluding hydrogens is 349 g/mol. The molecule has 2 aliphatic carbocycles. The summed E-state index contributed by atoms with van der Waals surface area (Å²) in [5, 5.41) is 5.30. The van der Waals surface area contributed by atoms with E-state index in [0.717, 1.165) is 21.9 Å². The summed E-state index contributed by atoms with van der Waals surface area (Å²) in [7, 11) is 0. The zero-order valence-electron chi connectivity index (χ0n) is 12.9. The van der Waals surface area contributed by atoms with E-state index in [1.807, 2.05) is 18.2 Å². The molecule has 0 radical (unpaired) electrons. The lowest BCUT2D eigenvalue weighted by Gasteiger charge is -2.28. The lowest BCUT2D eigenvalue weighted by atomic mass is 9.84. The van der Waals surface area contributed by atoms with Crippen molar-refractivity contribution in [2.24, 2.45) is 17.8 Å². The highest BCUT2D eigenvalue weighted by atomic mass is 35.5. The van der Waals surface area contributed by atoms with Crippen molar-refractivity contribution in [1.29, 1.82) is 0 Å². The second kappa shape index (κ2) is 5.94. The first-order valence-electron chi connectivity index (χ1n) is 8.21. The van der Waals surface area contributed by atoms with E-state index < -0.39 is 0 Å². The number of carbonyl (C=O) groups excluding carboxylic acids is 1. The van der Waals surface area contributed by atoms with E-state index in [9.17, 15) is 4.79 Å². The Kier molecular flexibility index (Phi) is 4.07. The number of benzene rings is 1. The van der Waals surface area contributed by atoms with Gasteiger partial charge < -0.3 is 5.32 Å². The van der Waals surface area contributed by atoms with Crippen LogP contribution in [0.15, 0.2) is 18.2 Å². The Bertz CT molecular complexity index is 772. The van der Waals surface area contributed by atoms with Crippen LogP contribution in [0.25, 0.3) is 10.1 Å². The van der Waals surface area contributed by atoms with Gasteiger partial charge in [0.25, 0.3) is 5.91 Å². The zero-order valence-corrected chi connectivity index (χ0v) is 15.3. The minimum atomic E-state index is -0.0532. The lowest BCUT2D eigenvalue weighted by Crippen LogP contribution is -2.39. The first-order valence-corrected chi connectivity index (χ1v) is 9.78. The second-order valence-electron chi connectivity index (χ2n) is 6.99. The standard InChI is InChI=1S/C18H19Cl2NOS/c1-9(14-7-10-2-3-11(14)6-10)21-18(22)17-16(20)13-5-4-12(19)8-15(13)23-17/h4-5,8-11,14H,2-3,6-7H2,1H3,(H,21,22)/t9-,10+,11+,14+/m1/s1. The zero-order chi connectivity index (χ0) is 16.1. The summed E-state index contributed by atoms with van der Waals surface area (Å²) in [5.41, 5.74) is 0. The molecule has 5 heteroatoms. The molecule has 1 aromatic carbocycles. The van der Waals surface area contributed by atoms with Gasteiger partial charge in [-0.3, -0.25) is 4.79 Å². The molecule has 4 rings (SSSR count). The van der Waals surface area contributed by atoms with Gasteiger partial charge in [0.2, 0.25) is 0 Å². The molecule has 2 fully saturated rings. The van der Waals surface area contributed by atoms with Crippen molar-refractivity contribution in [2.75, 3.05) is 0 Å². The van der Waals surface area contributed by atoms with Crippen LogP contribution in [0.1, 0.15) is 42.3 Å². The minimum absolute atomic E-state index is 0.0532. The Morgan fingerprint density at radius 2 is 2.13 bits per heavy atom. The highest BCUT2D eigenvalue weighted by Crippen LogP contribution is 2.49. The lowest BCUT2D eigenvalue weighted by molar-refractivity contribution is 0.0919. The Labute approximate surface area is 150 Å². The van der Waals surface area contributed by atoms with Crippen molar-refractivity contribution in [3.63, 3.8) is 0 Å². The van der Waals surface area contributed by atoms with E-state index in [0.29, 0.717) is 20.8 Å². The van der Waals surface area contributed by atoms with Gasteiger partial charge in [-0.15, -0.1) is 11.3 Å². The van der Waals surface area contributed by atoms with Gasteiger partial charge in [0, 0.05) is 21.2 Å². The Morgan fingerprint density at radius 1 is 1.30 bits per heavy atom. The number of thiophene rings is 1. The Morgan fingerprint density at radius 3 is 2.83 bits per heavy atom. The first kappa shape index (κ1) is 15.7. The van der Waals surface area contributed by atoms with E-state index in [1.165, 1.54) is 37.0 Å². The average Bonchev–Trinajstić information content (AvgIpc) is 3.21. The minimum Gasteiger partial charge on any atom is -0.349 e. The van der Waals surface area contributed by atoms with Gasteiger partial charge in [-0.2, -0.15) is 0 Å². The largest absolute Gasteiger partial charge is 0.349 e. The predicted molar refractivity (Wildman–Crippen MR) is 97.7 cm³/mol. The van der Waals surface area contributed by atoms with Crippen molar-refractivity contribution in [3.8, 4) is 0 Å². The fourth-order valence-electron chi connectivity index (χ4n) is 4.47. The van der Waals surface area contributed by atoms with Gasteiger partial charge in [0.05, 0.1) is 5.02 Å². The molecular formula is C18H19Cl2NOS. The van der Waals surface area contributed by atoms with Gasteiger partial charge in [-0.05, 0) is 56.1 Å². The predicted octanol–water partition coefficient (Wildman–Crippen LogP) is 5.76. The summed E-state index contributed by atoms with van der Waals surface area (Å²) in [6, 6.07) is 5.76. The van der Waals surface area contributed by atoms with Crippen molar-refractivity contribution in [3.05, 3.63) is 33.1 Å². The maximum atomic E-state index is 12.7. The third kappa shape index (κ3) is 2.77. The molecule has 2 aromatic rings. The number of amides is 1. The van der Waals surface area contributed by atoms with Crippen LogP contribution in [-0.4, -0.2) is 11.9 Å². The van der Waals surface area contributed by atoms with E-state index in [-0.39, 0.29) is 11.9 Å². The van der Waals surface area contributed by atoms with Crippen molar-refractivity contribution in [2.45, 2.75) is 38.6 Å². The van der Waals surface area contributed by atoms with E-state index in [4.69, 9.17) is 23.2 Å². The highest BCUT2D eigenvalue weighted by molar-refractivity contribution is 7.21. The quantitative estimate of drug-likeness (QED) is 0.733. The molecule has 0 aliphatic heterocycles. The molecule has 1 amide bonds. The number of halogens is 2. The summed E-state index contributed by atoms with van der Waals surface area (Å²) >= 11 is 13.9. The van der Waals surface area contributed by atoms with Gasteiger partial charge in [0.15, 0.2) is 0 Å². The number of hydrogen-bond donors (Lipinski definition) is 1. The summed E-state index contributed by atoms with van der Waals surface area (Å²) < 4.78 is 0.959. The van der Waals surface area contributed by atoms with Crippen molar-refractivity contribution in [1.82, 2.24) is 5.32 Å². The van der Waals surface area contributed by atoms with Gasteiger partial charge in [-0.1, -0.05) is 35.7 Å². The van der Waals surface area contributed by atoms with Crippen LogP contribution < -0.4 is 5.32 Å². The van der Waals surface area contributed by atoms with E-state index >= 15 is 0 Å². The summed E-state index contributed by atoms with van der Waals surface area (Å²) in [4.78, 5) is 13.3. The maximum Gasteiger partial charge on any atom is 0.263 e. The summed E-state index contributed by atoms with van der Waals surface area (Å²) in [6.45, 7) is 2.14. The maximum absolute atomic E-state index is 12.7. The smallest absolute Gasteiger partial charge is 0.263 e. The monoisotopic (exact) mass is 367 g/mol. The number of carbonyl (C=O) groups is 1. The molecule has 1 heterocycles. The van der Waals surface area contributed by atoms with Gasteiger partial charge in [-0.25, -0.2) is 0 Å². The molecule has 4 atom stereocenters. The van der Waals surface area contributed by atoms with Crippen molar-refractivity contribution >= 4 is 50.5 Å². The molecule has 0 unspecified atom stereocenters. The number of nitrogens with one attached hydrogen (secondary N) is 1. The van der Waals surface area contributed by atoms with Crippen LogP contribution in [0.5, 0.6) is 0 Å². The van der Waals surface area contributed by atoms with Gasteiger partial charge >= 0.3 is 0 Å². The molecule has 1 N–H and O–H groups in total. The molecule has 2 aliphatic rings. The fraction of sp³-hybridized carbons (Fsp3) is 0.500. The average molecular weight is 368 g/mol. The first-order chi connectivity index (χ1) is 11.0. The number of fused-ring (bicyclic) bond motifs is 3. The molecule has 0 saturated heterocycles. The summed E-state index contributed by atoms with van der Waals surface area (Å²) in [6.07, 6.45) is 5.33. The molecule has 122 valence electrons. The van der Waals surface area contributed by atoms with E-state index in [1.54, 1.807) is 0 Å². The van der Waals surface area contributed by atoms with Gasteiger partial charge in [0.1, 0.15) is 4.88 Å². The SMILES string of the molecule is C[C@@H](NC(=O)c1sc2cc(Cl)ccc2c1Cl)[C@@H]1C[C@H]2CC[C@H]1C2. The molecule has 1 aromatic heterocycles. The second-order valence-corrected chi connectivity index (χ2v) is 8.85. The van der Waals surface area contributed by atoms with Crippen LogP contribution in [0.2, 0.25) is 10.0 Å². The Balaban J connectivity index is 1.54. The molecule has 23 heavy (non-hydrogen) atoms. The topological polar surface area (TPSA) is 29.1 Å². The molecule has 0 spiro atoms. The Hall–Kier alpha value is -0.770. The molecule has 2 saturated carbocycles. The third-order valence-corrected chi connectivity index (χ3v) is 7.48. The van der Waals surface area contributed by atoms with Crippen LogP contribution in [0.4, 0.5) is 0 Å². The van der Waals surface area contributed by atoms with Crippen molar-refractivity contribution < 1.29 is 4.79 Å². The van der Waals surface area contributed by atoms with Crippen LogP contribution in [0, 0.1) is 17.8 Å². The number of rotatable bonds is 3. The van der Waals surface area contributed by atoms with Crippen LogP contribution in [0.3, 0.4) is 0 Å². The third-order valence-electron chi connectivity index (χ3n) is 5.59. The van der Waals surface area contributed by atoms with Crippen LogP contribution in [-0.2, 0) is 0 Å². The van der Waals surface area contributed by atoms with E-state index in [2.05, 4.69) is 12.2 Å². The normalized spacial score (nSPS) is 27.5. The molecule has 2 nitrogen and oxygen atoms in total.